The van der Waals surface area contributed by atoms with Gasteiger partial charge in [0.1, 0.15) is 11.3 Å². The van der Waals surface area contributed by atoms with E-state index in [1.807, 2.05) is 36.4 Å². The van der Waals surface area contributed by atoms with E-state index in [9.17, 15) is 9.59 Å². The molecule has 2 aliphatic heterocycles. The molecule has 1 spiro atoms. The van der Waals surface area contributed by atoms with Crippen molar-refractivity contribution in [1.82, 2.24) is 4.90 Å². The molecule has 2 amide bonds. The molecule has 1 N–H and O–H groups in total. The molecule has 1 saturated heterocycles. The summed E-state index contributed by atoms with van der Waals surface area (Å²) in [7, 11) is 0. The van der Waals surface area contributed by atoms with Crippen LogP contribution in [0, 0.1) is 0 Å². The lowest BCUT2D eigenvalue weighted by molar-refractivity contribution is -0.128. The number of para-hydroxylation sites is 2. The number of hydrogen-bond acceptors (Lipinski definition) is 5. The Morgan fingerprint density at radius 2 is 2.00 bits per heavy atom. The first-order valence-electron chi connectivity index (χ1n) is 11.3. The molecule has 31 heavy (non-hydrogen) atoms. The van der Waals surface area contributed by atoms with Crippen LogP contribution in [0.4, 0.5) is 11.4 Å². The zero-order chi connectivity index (χ0) is 21.3. The van der Waals surface area contributed by atoms with Gasteiger partial charge in [0, 0.05) is 13.2 Å². The van der Waals surface area contributed by atoms with Gasteiger partial charge in [-0.05, 0) is 49.9 Å². The second kappa shape index (κ2) is 8.48. The van der Waals surface area contributed by atoms with Gasteiger partial charge in [-0.1, -0.05) is 25.0 Å². The van der Waals surface area contributed by atoms with Gasteiger partial charge in [-0.3, -0.25) is 19.4 Å². The molecule has 3 aliphatic rings. The molecule has 7 nitrogen and oxygen atoms in total. The number of hydrogen-bond donors (Lipinski definition) is 1. The van der Waals surface area contributed by atoms with Gasteiger partial charge in [0.15, 0.2) is 0 Å². The lowest BCUT2D eigenvalue weighted by atomic mass is 9.89. The maximum Gasteiger partial charge on any atom is 0.250 e. The van der Waals surface area contributed by atoms with E-state index in [4.69, 9.17) is 9.15 Å². The fraction of sp³-hybridized carbons (Fsp3) is 0.500. The molecule has 1 atom stereocenters. The molecular weight excluding hydrogens is 394 g/mol. The molecule has 1 saturated carbocycles. The van der Waals surface area contributed by atoms with Crippen molar-refractivity contribution in [2.24, 2.45) is 0 Å². The quantitative estimate of drug-likeness (QED) is 0.769. The van der Waals surface area contributed by atoms with E-state index >= 15 is 0 Å². The summed E-state index contributed by atoms with van der Waals surface area (Å²) < 4.78 is 11.4. The number of anilines is 2. The molecule has 7 heteroatoms. The first-order chi connectivity index (χ1) is 15.2. The molecular formula is C24H29N3O4. The maximum absolute atomic E-state index is 13.8. The zero-order valence-electron chi connectivity index (χ0n) is 17.7. The van der Waals surface area contributed by atoms with Crippen LogP contribution in [0.15, 0.2) is 47.1 Å². The van der Waals surface area contributed by atoms with E-state index < -0.39 is 5.54 Å². The number of amides is 2. The van der Waals surface area contributed by atoms with Crippen LogP contribution in [0.25, 0.3) is 0 Å². The van der Waals surface area contributed by atoms with Crippen LogP contribution < -0.4 is 10.2 Å². The Kier molecular flexibility index (Phi) is 5.54. The third-order valence-electron chi connectivity index (χ3n) is 6.73. The first-order valence-corrected chi connectivity index (χ1v) is 11.3. The number of benzene rings is 1. The fourth-order valence-electron chi connectivity index (χ4n) is 5.27. The number of carbonyl (C=O) groups is 2. The van der Waals surface area contributed by atoms with Crippen LogP contribution in [0.5, 0.6) is 0 Å². The SMILES string of the molecule is O=C(CN(Cc1ccco1)CC1CCCO1)N1c2ccccc2NC(=O)C12CCCC2. The highest BCUT2D eigenvalue weighted by molar-refractivity contribution is 6.15. The van der Waals surface area contributed by atoms with Gasteiger partial charge in [-0.2, -0.15) is 0 Å². The number of ether oxygens (including phenoxy) is 1. The number of carbonyl (C=O) groups excluding carboxylic acids is 2. The summed E-state index contributed by atoms with van der Waals surface area (Å²) in [5, 5.41) is 3.04. The van der Waals surface area contributed by atoms with Crippen molar-refractivity contribution in [1.29, 1.82) is 0 Å². The third kappa shape index (κ3) is 3.88. The van der Waals surface area contributed by atoms with Crippen molar-refractivity contribution in [2.75, 3.05) is 29.9 Å². The Morgan fingerprint density at radius 1 is 1.16 bits per heavy atom. The van der Waals surface area contributed by atoms with E-state index in [1.165, 1.54) is 0 Å². The predicted octanol–water partition coefficient (Wildman–Crippen LogP) is 3.56. The second-order valence-electron chi connectivity index (χ2n) is 8.82. The van der Waals surface area contributed by atoms with Gasteiger partial charge in [0.25, 0.3) is 5.91 Å². The number of fused-ring (bicyclic) bond motifs is 1. The number of rotatable bonds is 6. The summed E-state index contributed by atoms with van der Waals surface area (Å²) in [6.07, 6.45) is 7.13. The lowest BCUT2D eigenvalue weighted by Gasteiger charge is -2.45. The largest absolute Gasteiger partial charge is 0.468 e. The molecule has 1 aromatic heterocycles. The monoisotopic (exact) mass is 423 g/mol. The second-order valence-corrected chi connectivity index (χ2v) is 8.82. The van der Waals surface area contributed by atoms with Crippen molar-refractivity contribution in [3.8, 4) is 0 Å². The normalized spacial score (nSPS) is 22.2. The summed E-state index contributed by atoms with van der Waals surface area (Å²) in [5.41, 5.74) is 0.713. The molecule has 0 bridgehead atoms. The molecule has 1 aromatic carbocycles. The van der Waals surface area contributed by atoms with Crippen molar-refractivity contribution in [3.63, 3.8) is 0 Å². The Morgan fingerprint density at radius 3 is 2.74 bits per heavy atom. The highest BCUT2D eigenvalue weighted by atomic mass is 16.5. The fourth-order valence-corrected chi connectivity index (χ4v) is 5.27. The Bertz CT molecular complexity index is 930. The number of furan rings is 1. The molecule has 2 aromatic rings. The van der Waals surface area contributed by atoms with Crippen molar-refractivity contribution < 1.29 is 18.7 Å². The molecule has 164 valence electrons. The van der Waals surface area contributed by atoms with Crippen LogP contribution in [-0.4, -0.2) is 48.1 Å². The van der Waals surface area contributed by atoms with Crippen LogP contribution >= 0.6 is 0 Å². The highest BCUT2D eigenvalue weighted by Crippen LogP contribution is 2.45. The minimum atomic E-state index is -0.786. The van der Waals surface area contributed by atoms with E-state index in [1.54, 1.807) is 11.2 Å². The Hall–Kier alpha value is -2.64. The van der Waals surface area contributed by atoms with E-state index in [2.05, 4.69) is 10.2 Å². The smallest absolute Gasteiger partial charge is 0.250 e. The summed E-state index contributed by atoms with van der Waals surface area (Å²) in [5.74, 6) is 0.709. The molecule has 1 unspecified atom stereocenters. The van der Waals surface area contributed by atoms with E-state index in [0.29, 0.717) is 31.6 Å². The van der Waals surface area contributed by atoms with Gasteiger partial charge in [0.05, 0.1) is 36.8 Å². The molecule has 1 aliphatic carbocycles. The summed E-state index contributed by atoms with van der Waals surface area (Å²) in [6.45, 7) is 2.19. The van der Waals surface area contributed by atoms with E-state index in [0.717, 1.165) is 43.7 Å². The summed E-state index contributed by atoms with van der Waals surface area (Å²) in [6, 6.07) is 11.4. The Balaban J connectivity index is 1.43. The van der Waals surface area contributed by atoms with Gasteiger partial charge >= 0.3 is 0 Å². The zero-order valence-corrected chi connectivity index (χ0v) is 17.7. The van der Waals surface area contributed by atoms with E-state index in [-0.39, 0.29) is 24.5 Å². The van der Waals surface area contributed by atoms with Crippen LogP contribution in [0.3, 0.4) is 0 Å². The molecule has 3 heterocycles. The van der Waals surface area contributed by atoms with Crippen LogP contribution in [-0.2, 0) is 20.9 Å². The van der Waals surface area contributed by atoms with Gasteiger partial charge in [0.2, 0.25) is 5.91 Å². The minimum Gasteiger partial charge on any atom is -0.468 e. The van der Waals surface area contributed by atoms with Gasteiger partial charge < -0.3 is 14.5 Å². The van der Waals surface area contributed by atoms with Gasteiger partial charge in [-0.15, -0.1) is 0 Å². The predicted molar refractivity (Wildman–Crippen MR) is 117 cm³/mol. The lowest BCUT2D eigenvalue weighted by Crippen LogP contribution is -2.62. The Labute approximate surface area is 182 Å². The van der Waals surface area contributed by atoms with Crippen LogP contribution in [0.1, 0.15) is 44.3 Å². The topological polar surface area (TPSA) is 75.0 Å². The maximum atomic E-state index is 13.8. The van der Waals surface area contributed by atoms with Gasteiger partial charge in [-0.25, -0.2) is 0 Å². The first kappa shape index (κ1) is 20.3. The van der Waals surface area contributed by atoms with Crippen molar-refractivity contribution in [2.45, 2.75) is 56.7 Å². The summed E-state index contributed by atoms with van der Waals surface area (Å²) >= 11 is 0. The number of nitrogens with one attached hydrogen (secondary N) is 1. The number of nitrogens with zero attached hydrogens (tertiary/aromatic N) is 2. The van der Waals surface area contributed by atoms with Crippen molar-refractivity contribution >= 4 is 23.2 Å². The minimum absolute atomic E-state index is 0.0475. The average Bonchev–Trinajstić information content (AvgIpc) is 3.52. The average molecular weight is 424 g/mol. The molecule has 0 radical (unpaired) electrons. The molecule has 2 fully saturated rings. The van der Waals surface area contributed by atoms with Crippen LogP contribution in [0.2, 0.25) is 0 Å². The van der Waals surface area contributed by atoms with Crippen molar-refractivity contribution in [3.05, 3.63) is 48.4 Å². The third-order valence-corrected chi connectivity index (χ3v) is 6.73. The summed E-state index contributed by atoms with van der Waals surface area (Å²) in [4.78, 5) is 30.9. The molecule has 5 rings (SSSR count). The highest BCUT2D eigenvalue weighted by Gasteiger charge is 2.52. The standard InChI is InChI=1S/C24H29N3O4/c28-22(17-26(15-18-7-5-13-30-18)16-19-8-6-14-31-19)27-21-10-2-1-9-20(21)25-23(29)24(27)11-3-4-12-24/h1-2,5,7,9-10,13,19H,3-4,6,8,11-12,14-17H2,(H,25,29).